The Morgan fingerprint density at radius 2 is 2.22 bits per heavy atom. The Morgan fingerprint density at radius 3 is 2.89 bits per heavy atom. The van der Waals surface area contributed by atoms with Gasteiger partial charge in [-0.05, 0) is 11.6 Å². The molecule has 5 nitrogen and oxygen atoms in total. The molecule has 5 heteroatoms. The number of nitrogens with two attached hydrogens (primary N) is 1. The van der Waals surface area contributed by atoms with Crippen molar-refractivity contribution in [3.8, 4) is 0 Å². The molecule has 0 aromatic heterocycles. The molecule has 1 saturated heterocycles. The van der Waals surface area contributed by atoms with E-state index >= 15 is 0 Å². The highest BCUT2D eigenvalue weighted by atomic mass is 16.6. The fraction of sp³-hybridized carbons (Fsp3) is 0.462. The fourth-order valence-corrected chi connectivity index (χ4v) is 1.66. The fourth-order valence-electron chi connectivity index (χ4n) is 1.66. The van der Waals surface area contributed by atoms with E-state index in [9.17, 15) is 4.79 Å². The van der Waals surface area contributed by atoms with Gasteiger partial charge in [-0.1, -0.05) is 18.2 Å². The quantitative estimate of drug-likeness (QED) is 0.786. The number of nitrogens with one attached hydrogen (secondary N) is 1. The first-order valence-corrected chi connectivity index (χ1v) is 6.07. The minimum Gasteiger partial charge on any atom is -0.376 e. The van der Waals surface area contributed by atoms with Gasteiger partial charge in [-0.3, -0.25) is 4.79 Å². The predicted molar refractivity (Wildman–Crippen MR) is 68.1 cm³/mol. The second-order valence-electron chi connectivity index (χ2n) is 4.19. The second-order valence-corrected chi connectivity index (χ2v) is 4.19. The van der Waals surface area contributed by atoms with Crippen LogP contribution in [0.2, 0.25) is 0 Å². The maximum atomic E-state index is 11.7. The van der Waals surface area contributed by atoms with Crippen molar-refractivity contribution in [3.63, 3.8) is 0 Å². The highest BCUT2D eigenvalue weighted by Gasteiger charge is 2.18. The number of para-hydroxylation sites is 1. The van der Waals surface area contributed by atoms with E-state index in [2.05, 4.69) is 5.32 Å². The molecular formula is C13H18N2O3. The average Bonchev–Trinajstić information content (AvgIpc) is 2.33. The van der Waals surface area contributed by atoms with Crippen molar-refractivity contribution in [1.82, 2.24) is 0 Å². The van der Waals surface area contributed by atoms with E-state index < -0.39 is 0 Å². The third-order valence-electron chi connectivity index (χ3n) is 2.80. The number of carbonyl (C=O) groups excluding carboxylic acids is 1. The third-order valence-corrected chi connectivity index (χ3v) is 2.80. The van der Waals surface area contributed by atoms with Crippen LogP contribution < -0.4 is 11.1 Å². The molecule has 0 saturated carbocycles. The van der Waals surface area contributed by atoms with E-state index in [0.29, 0.717) is 32.8 Å². The van der Waals surface area contributed by atoms with E-state index in [4.69, 9.17) is 15.2 Å². The summed E-state index contributed by atoms with van der Waals surface area (Å²) in [6.45, 7) is 2.10. The lowest BCUT2D eigenvalue weighted by atomic mass is 10.2. The SMILES string of the molecule is NCc1ccccc1NC(=O)CCOC1COC1. The van der Waals surface area contributed by atoms with E-state index in [0.717, 1.165) is 11.3 Å². The molecule has 1 fully saturated rings. The zero-order chi connectivity index (χ0) is 12.8. The first-order chi connectivity index (χ1) is 8.79. The molecule has 1 aliphatic rings. The summed E-state index contributed by atoms with van der Waals surface area (Å²) >= 11 is 0. The van der Waals surface area contributed by atoms with Crippen molar-refractivity contribution in [2.45, 2.75) is 19.1 Å². The van der Waals surface area contributed by atoms with Gasteiger partial charge in [0.15, 0.2) is 0 Å². The van der Waals surface area contributed by atoms with Crippen molar-refractivity contribution in [2.75, 3.05) is 25.1 Å². The summed E-state index contributed by atoms with van der Waals surface area (Å²) in [5.41, 5.74) is 7.31. The summed E-state index contributed by atoms with van der Waals surface area (Å²) in [4.78, 5) is 11.7. The Morgan fingerprint density at radius 1 is 1.44 bits per heavy atom. The minimum absolute atomic E-state index is 0.0591. The molecule has 0 unspecified atom stereocenters. The molecule has 0 aliphatic carbocycles. The Balaban J connectivity index is 1.75. The van der Waals surface area contributed by atoms with Crippen LogP contribution in [0.1, 0.15) is 12.0 Å². The molecule has 1 heterocycles. The van der Waals surface area contributed by atoms with Crippen LogP contribution in [0.15, 0.2) is 24.3 Å². The van der Waals surface area contributed by atoms with Gasteiger partial charge in [0.05, 0.1) is 26.2 Å². The van der Waals surface area contributed by atoms with E-state index in [1.807, 2.05) is 24.3 Å². The first kappa shape index (κ1) is 13.0. The van der Waals surface area contributed by atoms with Crippen LogP contribution in [0, 0.1) is 0 Å². The number of rotatable bonds is 6. The molecular weight excluding hydrogens is 232 g/mol. The normalized spacial score (nSPS) is 15.2. The van der Waals surface area contributed by atoms with Crippen molar-refractivity contribution in [3.05, 3.63) is 29.8 Å². The molecule has 98 valence electrons. The monoisotopic (exact) mass is 250 g/mol. The van der Waals surface area contributed by atoms with Crippen molar-refractivity contribution < 1.29 is 14.3 Å². The maximum absolute atomic E-state index is 11.7. The molecule has 0 radical (unpaired) electrons. The largest absolute Gasteiger partial charge is 0.376 e. The number of benzene rings is 1. The Hall–Kier alpha value is -1.43. The van der Waals surface area contributed by atoms with Gasteiger partial charge in [-0.2, -0.15) is 0 Å². The maximum Gasteiger partial charge on any atom is 0.226 e. The van der Waals surface area contributed by atoms with Crippen LogP contribution in [0.4, 0.5) is 5.69 Å². The third kappa shape index (κ3) is 3.53. The van der Waals surface area contributed by atoms with Crippen molar-refractivity contribution >= 4 is 11.6 Å². The van der Waals surface area contributed by atoms with E-state index in [-0.39, 0.29) is 12.0 Å². The Labute approximate surface area is 106 Å². The highest BCUT2D eigenvalue weighted by Crippen LogP contribution is 2.14. The van der Waals surface area contributed by atoms with Gasteiger partial charge in [-0.15, -0.1) is 0 Å². The van der Waals surface area contributed by atoms with Gasteiger partial charge >= 0.3 is 0 Å². The first-order valence-electron chi connectivity index (χ1n) is 6.07. The summed E-state index contributed by atoms with van der Waals surface area (Å²) < 4.78 is 10.4. The van der Waals surface area contributed by atoms with Crippen LogP contribution in [-0.2, 0) is 20.8 Å². The van der Waals surface area contributed by atoms with Gasteiger partial charge in [0.1, 0.15) is 6.10 Å². The van der Waals surface area contributed by atoms with Crippen LogP contribution >= 0.6 is 0 Å². The summed E-state index contributed by atoms with van der Waals surface area (Å²) in [7, 11) is 0. The molecule has 1 aromatic carbocycles. The van der Waals surface area contributed by atoms with Crippen LogP contribution in [0.25, 0.3) is 0 Å². The summed E-state index contributed by atoms with van der Waals surface area (Å²) in [5, 5.41) is 2.84. The van der Waals surface area contributed by atoms with Gasteiger partial charge in [0.2, 0.25) is 5.91 Å². The number of anilines is 1. The molecule has 1 aliphatic heterocycles. The molecule has 3 N–H and O–H groups in total. The smallest absolute Gasteiger partial charge is 0.226 e. The highest BCUT2D eigenvalue weighted by molar-refractivity contribution is 5.91. The second kappa shape index (κ2) is 6.49. The molecule has 1 aromatic rings. The number of carbonyl (C=O) groups is 1. The summed E-state index contributed by atoms with van der Waals surface area (Å²) in [5.74, 6) is -0.0591. The van der Waals surface area contributed by atoms with Crippen molar-refractivity contribution in [1.29, 1.82) is 0 Å². The van der Waals surface area contributed by atoms with Crippen LogP contribution in [-0.4, -0.2) is 31.8 Å². The molecule has 18 heavy (non-hydrogen) atoms. The van der Waals surface area contributed by atoms with Crippen LogP contribution in [0.3, 0.4) is 0 Å². The number of hydrogen-bond donors (Lipinski definition) is 2. The zero-order valence-corrected chi connectivity index (χ0v) is 10.2. The van der Waals surface area contributed by atoms with Gasteiger partial charge in [0.25, 0.3) is 0 Å². The van der Waals surface area contributed by atoms with E-state index in [1.54, 1.807) is 0 Å². The molecule has 1 amide bonds. The van der Waals surface area contributed by atoms with Gasteiger partial charge in [0, 0.05) is 12.2 Å². The zero-order valence-electron chi connectivity index (χ0n) is 10.2. The minimum atomic E-state index is -0.0591. The van der Waals surface area contributed by atoms with Crippen LogP contribution in [0.5, 0.6) is 0 Å². The lowest BCUT2D eigenvalue weighted by Crippen LogP contribution is -2.36. The molecule has 2 rings (SSSR count). The molecule has 0 atom stereocenters. The number of ether oxygens (including phenoxy) is 2. The summed E-state index contributed by atoms with van der Waals surface area (Å²) in [6.07, 6.45) is 0.504. The van der Waals surface area contributed by atoms with Gasteiger partial charge < -0.3 is 20.5 Å². The lowest BCUT2D eigenvalue weighted by molar-refractivity contribution is -0.135. The number of hydrogen-bond acceptors (Lipinski definition) is 4. The average molecular weight is 250 g/mol. The Kier molecular flexibility index (Phi) is 4.69. The van der Waals surface area contributed by atoms with E-state index in [1.165, 1.54) is 0 Å². The standard InChI is InChI=1S/C13H18N2O3/c14-7-10-3-1-2-4-12(10)15-13(16)5-6-18-11-8-17-9-11/h1-4,11H,5-9,14H2,(H,15,16). The predicted octanol–water partition coefficient (Wildman–Crippen LogP) is 0.889. The topological polar surface area (TPSA) is 73.6 Å². The lowest BCUT2D eigenvalue weighted by Gasteiger charge is -2.25. The van der Waals surface area contributed by atoms with Gasteiger partial charge in [-0.25, -0.2) is 0 Å². The Bertz CT molecular complexity index is 405. The number of amides is 1. The molecule has 0 spiro atoms. The van der Waals surface area contributed by atoms with Crippen molar-refractivity contribution in [2.24, 2.45) is 5.73 Å². The summed E-state index contributed by atoms with van der Waals surface area (Å²) in [6, 6.07) is 7.52. The molecule has 0 bridgehead atoms.